The number of nitrogens with zero attached hydrogens (tertiary/aromatic N) is 1. The number of alkyl halides is 1. The third-order valence-corrected chi connectivity index (χ3v) is 6.68. The Morgan fingerprint density at radius 2 is 1.93 bits per heavy atom. The molecule has 0 aliphatic carbocycles. The Hall–Kier alpha value is 0.150. The van der Waals surface area contributed by atoms with Gasteiger partial charge in [-0.25, -0.2) is 16.8 Å². The number of rotatable bonds is 4. The SMILES string of the molecule is CS(=O)(=O)CS(=O)(=O)N1CCCC1CCl. The van der Waals surface area contributed by atoms with Crippen molar-refractivity contribution >= 4 is 31.5 Å². The molecular weight excluding hydrogens is 262 g/mol. The van der Waals surface area contributed by atoms with Crippen LogP contribution < -0.4 is 0 Å². The maximum absolute atomic E-state index is 11.7. The van der Waals surface area contributed by atoms with Crippen LogP contribution in [0.1, 0.15) is 12.8 Å². The van der Waals surface area contributed by atoms with Crippen LogP contribution in [0.2, 0.25) is 0 Å². The molecule has 0 aromatic carbocycles. The highest BCUT2D eigenvalue weighted by atomic mass is 35.5. The van der Waals surface area contributed by atoms with Gasteiger partial charge in [0.05, 0.1) is 0 Å². The smallest absolute Gasteiger partial charge is 0.228 e. The summed E-state index contributed by atoms with van der Waals surface area (Å²) in [6.45, 7) is 0.370. The second-order valence-corrected chi connectivity index (χ2v) is 8.45. The number of hydrogen-bond acceptors (Lipinski definition) is 4. The van der Waals surface area contributed by atoms with Crippen molar-refractivity contribution in [2.75, 3.05) is 23.8 Å². The van der Waals surface area contributed by atoms with E-state index in [4.69, 9.17) is 11.6 Å². The molecule has 1 atom stereocenters. The predicted octanol–water partition coefficient (Wildman–Crippen LogP) is 0.0215. The van der Waals surface area contributed by atoms with E-state index in [9.17, 15) is 16.8 Å². The lowest BCUT2D eigenvalue weighted by molar-refractivity contribution is 0.413. The van der Waals surface area contributed by atoms with Crippen molar-refractivity contribution in [1.82, 2.24) is 4.31 Å². The summed E-state index contributed by atoms with van der Waals surface area (Å²) in [6, 6.07) is -0.251. The van der Waals surface area contributed by atoms with E-state index in [0.29, 0.717) is 13.0 Å². The first-order valence-corrected chi connectivity index (χ1v) is 8.70. The van der Waals surface area contributed by atoms with Crippen LogP contribution in [-0.2, 0) is 19.9 Å². The molecule has 0 bridgehead atoms. The Labute approximate surface area is 95.4 Å². The third kappa shape index (κ3) is 3.58. The minimum Gasteiger partial charge on any atom is -0.228 e. The maximum atomic E-state index is 11.7. The predicted molar refractivity (Wildman–Crippen MR) is 59.1 cm³/mol. The summed E-state index contributed by atoms with van der Waals surface area (Å²) >= 11 is 5.62. The number of sulfone groups is 1. The lowest BCUT2D eigenvalue weighted by Gasteiger charge is -2.21. The van der Waals surface area contributed by atoms with Gasteiger partial charge in [0.2, 0.25) is 10.0 Å². The Morgan fingerprint density at radius 3 is 2.40 bits per heavy atom. The first-order chi connectivity index (χ1) is 6.76. The summed E-state index contributed by atoms with van der Waals surface area (Å²) in [5.74, 6) is 0.211. The molecule has 0 N–H and O–H groups in total. The van der Waals surface area contributed by atoms with Gasteiger partial charge in [-0.1, -0.05) is 0 Å². The van der Waals surface area contributed by atoms with Crippen LogP contribution in [0.15, 0.2) is 0 Å². The molecule has 1 aliphatic heterocycles. The van der Waals surface area contributed by atoms with Crippen LogP contribution >= 0.6 is 11.6 Å². The lowest BCUT2D eigenvalue weighted by Crippen LogP contribution is -2.39. The number of hydrogen-bond donors (Lipinski definition) is 0. The molecule has 1 aliphatic rings. The largest absolute Gasteiger partial charge is 0.228 e. The molecule has 0 aromatic rings. The maximum Gasteiger partial charge on any atom is 0.228 e. The van der Waals surface area contributed by atoms with Crippen molar-refractivity contribution in [3.05, 3.63) is 0 Å². The van der Waals surface area contributed by atoms with Crippen molar-refractivity contribution in [3.8, 4) is 0 Å². The van der Waals surface area contributed by atoms with Gasteiger partial charge < -0.3 is 0 Å². The van der Waals surface area contributed by atoms with Crippen molar-refractivity contribution in [2.45, 2.75) is 18.9 Å². The third-order valence-electron chi connectivity index (χ3n) is 2.22. The van der Waals surface area contributed by atoms with E-state index in [-0.39, 0.29) is 11.9 Å². The van der Waals surface area contributed by atoms with E-state index in [1.165, 1.54) is 4.31 Å². The zero-order valence-corrected chi connectivity index (χ0v) is 10.8. The van der Waals surface area contributed by atoms with Crippen LogP contribution in [0.4, 0.5) is 0 Å². The minimum absolute atomic E-state index is 0.211. The molecule has 0 spiro atoms. The fourth-order valence-corrected chi connectivity index (χ4v) is 5.82. The second-order valence-electron chi connectivity index (χ2n) is 3.72. The Bertz CT molecular complexity index is 416. The van der Waals surface area contributed by atoms with Crippen molar-refractivity contribution in [2.24, 2.45) is 0 Å². The summed E-state index contributed by atoms with van der Waals surface area (Å²) in [4.78, 5) is 0. The highest BCUT2D eigenvalue weighted by Crippen LogP contribution is 2.22. The minimum atomic E-state index is -3.72. The van der Waals surface area contributed by atoms with E-state index in [1.54, 1.807) is 0 Å². The average Bonchev–Trinajstić information content (AvgIpc) is 2.46. The fraction of sp³-hybridized carbons (Fsp3) is 1.00. The molecule has 1 saturated heterocycles. The van der Waals surface area contributed by atoms with Gasteiger partial charge >= 0.3 is 0 Å². The van der Waals surface area contributed by atoms with E-state index >= 15 is 0 Å². The normalized spacial score (nSPS) is 24.5. The molecule has 5 nitrogen and oxygen atoms in total. The Morgan fingerprint density at radius 1 is 1.33 bits per heavy atom. The van der Waals surface area contributed by atoms with Crippen molar-refractivity contribution < 1.29 is 16.8 Å². The monoisotopic (exact) mass is 275 g/mol. The molecular formula is C7H14ClNO4S2. The average molecular weight is 276 g/mol. The first-order valence-electron chi connectivity index (χ1n) is 4.49. The summed E-state index contributed by atoms with van der Waals surface area (Å²) < 4.78 is 46.5. The molecule has 1 heterocycles. The van der Waals surface area contributed by atoms with Crippen molar-refractivity contribution in [1.29, 1.82) is 0 Å². The zero-order chi connectivity index (χ0) is 11.7. The summed E-state index contributed by atoms with van der Waals surface area (Å²) in [7, 11) is -7.24. The lowest BCUT2D eigenvalue weighted by atomic mass is 10.3. The molecule has 1 fully saturated rings. The molecule has 0 saturated carbocycles. The fourth-order valence-electron chi connectivity index (χ4n) is 1.67. The van der Waals surface area contributed by atoms with Gasteiger partial charge in [-0.3, -0.25) is 0 Å². The van der Waals surface area contributed by atoms with Gasteiger partial charge in [0.25, 0.3) is 0 Å². The van der Waals surface area contributed by atoms with E-state index in [1.807, 2.05) is 0 Å². The molecule has 0 radical (unpaired) electrons. The summed E-state index contributed by atoms with van der Waals surface area (Å²) in [6.07, 6.45) is 2.35. The van der Waals surface area contributed by atoms with Gasteiger partial charge in [-0.15, -0.1) is 11.6 Å². The Kier molecular flexibility index (Phi) is 4.02. The number of halogens is 1. The van der Waals surface area contributed by atoms with Gasteiger partial charge in [0.15, 0.2) is 14.9 Å². The van der Waals surface area contributed by atoms with E-state index < -0.39 is 24.9 Å². The summed E-state index contributed by atoms with van der Waals surface area (Å²) in [5.41, 5.74) is 0. The quantitative estimate of drug-likeness (QED) is 0.678. The van der Waals surface area contributed by atoms with Crippen LogP contribution in [0, 0.1) is 0 Å². The zero-order valence-electron chi connectivity index (χ0n) is 8.39. The van der Waals surface area contributed by atoms with Crippen LogP contribution in [0.25, 0.3) is 0 Å². The standard InChI is InChI=1S/C7H14ClNO4S2/c1-14(10,11)6-15(12,13)9-4-2-3-7(9)5-8/h7H,2-6H2,1H3. The van der Waals surface area contributed by atoms with E-state index in [2.05, 4.69) is 0 Å². The highest BCUT2D eigenvalue weighted by molar-refractivity contribution is 8.06. The van der Waals surface area contributed by atoms with Gasteiger partial charge in [0.1, 0.15) is 0 Å². The molecule has 90 valence electrons. The number of sulfonamides is 1. The first kappa shape index (κ1) is 13.2. The Balaban J connectivity index is 2.87. The topological polar surface area (TPSA) is 71.5 Å². The molecule has 0 amide bonds. The summed E-state index contributed by atoms with van der Waals surface area (Å²) in [5, 5.41) is -0.826. The highest BCUT2D eigenvalue weighted by Gasteiger charge is 2.35. The van der Waals surface area contributed by atoms with Gasteiger partial charge in [0, 0.05) is 24.7 Å². The molecule has 0 aromatic heterocycles. The molecule has 1 unspecified atom stereocenters. The molecule has 1 rings (SSSR count). The van der Waals surface area contributed by atoms with Gasteiger partial charge in [-0.05, 0) is 12.8 Å². The molecule has 15 heavy (non-hydrogen) atoms. The second kappa shape index (κ2) is 4.57. The van der Waals surface area contributed by atoms with Crippen LogP contribution in [-0.4, -0.2) is 50.9 Å². The van der Waals surface area contributed by atoms with Crippen molar-refractivity contribution in [3.63, 3.8) is 0 Å². The van der Waals surface area contributed by atoms with Gasteiger partial charge in [-0.2, -0.15) is 4.31 Å². The van der Waals surface area contributed by atoms with E-state index in [0.717, 1.165) is 12.7 Å². The van der Waals surface area contributed by atoms with Crippen LogP contribution in [0.3, 0.4) is 0 Å². The molecule has 8 heteroatoms. The van der Waals surface area contributed by atoms with Crippen LogP contribution in [0.5, 0.6) is 0 Å².